The summed E-state index contributed by atoms with van der Waals surface area (Å²) < 4.78 is 5.34. The maximum absolute atomic E-state index is 11.5. The van der Waals surface area contributed by atoms with Crippen LogP contribution in [0.3, 0.4) is 0 Å². The lowest BCUT2D eigenvalue weighted by atomic mass is 10.1. The van der Waals surface area contributed by atoms with E-state index in [1.54, 1.807) is 19.1 Å². The number of nitrogens with one attached hydrogen (secondary N) is 1. The van der Waals surface area contributed by atoms with Crippen LogP contribution in [0.4, 0.5) is 0 Å². The van der Waals surface area contributed by atoms with E-state index in [4.69, 9.17) is 9.84 Å². The summed E-state index contributed by atoms with van der Waals surface area (Å²) >= 11 is 0. The van der Waals surface area contributed by atoms with Crippen LogP contribution in [0, 0.1) is 12.8 Å². The number of benzene rings is 1. The molecule has 0 bridgehead atoms. The minimum Gasteiger partial charge on any atom is -0.484 e. The van der Waals surface area contributed by atoms with Crippen LogP contribution >= 0.6 is 0 Å². The molecule has 0 atom stereocenters. The molecule has 0 heterocycles. The number of carbonyl (C=O) groups is 2. The molecule has 0 saturated heterocycles. The third-order valence-corrected chi connectivity index (χ3v) is 2.84. The lowest BCUT2D eigenvalue weighted by Crippen LogP contribution is -2.30. The maximum Gasteiger partial charge on any atom is 0.335 e. The highest BCUT2D eigenvalue weighted by atomic mass is 16.5. The van der Waals surface area contributed by atoms with E-state index in [0.29, 0.717) is 23.8 Å². The number of carboxylic acid groups (broad SMARTS) is 1. The van der Waals surface area contributed by atoms with E-state index in [1.165, 1.54) is 6.07 Å². The first kappa shape index (κ1) is 16.0. The van der Waals surface area contributed by atoms with Crippen LogP contribution in [0.15, 0.2) is 18.2 Å². The number of aromatic carboxylic acids is 1. The molecule has 1 amide bonds. The number of ether oxygens (including phenoxy) is 1. The molecule has 110 valence electrons. The van der Waals surface area contributed by atoms with Crippen molar-refractivity contribution in [2.45, 2.75) is 27.2 Å². The van der Waals surface area contributed by atoms with Crippen molar-refractivity contribution in [1.82, 2.24) is 5.32 Å². The number of hydrogen-bond acceptors (Lipinski definition) is 3. The monoisotopic (exact) mass is 279 g/mol. The maximum atomic E-state index is 11.5. The third kappa shape index (κ3) is 5.30. The van der Waals surface area contributed by atoms with Gasteiger partial charge in [-0.2, -0.15) is 0 Å². The van der Waals surface area contributed by atoms with E-state index in [-0.39, 0.29) is 18.1 Å². The smallest absolute Gasteiger partial charge is 0.335 e. The van der Waals surface area contributed by atoms with E-state index in [0.717, 1.165) is 6.42 Å². The summed E-state index contributed by atoms with van der Waals surface area (Å²) in [6, 6.07) is 4.65. The molecule has 0 aliphatic rings. The predicted molar refractivity (Wildman–Crippen MR) is 76.1 cm³/mol. The van der Waals surface area contributed by atoms with E-state index >= 15 is 0 Å². The van der Waals surface area contributed by atoms with Gasteiger partial charge in [0.15, 0.2) is 6.61 Å². The van der Waals surface area contributed by atoms with E-state index in [2.05, 4.69) is 19.2 Å². The Morgan fingerprint density at radius 3 is 2.60 bits per heavy atom. The van der Waals surface area contributed by atoms with Gasteiger partial charge in [0.25, 0.3) is 5.91 Å². The normalized spacial score (nSPS) is 10.4. The lowest BCUT2D eigenvalue weighted by Gasteiger charge is -2.10. The van der Waals surface area contributed by atoms with Crippen molar-refractivity contribution in [3.05, 3.63) is 29.3 Å². The van der Waals surface area contributed by atoms with Crippen molar-refractivity contribution in [2.24, 2.45) is 5.92 Å². The molecule has 0 saturated carbocycles. The molecule has 2 N–H and O–H groups in total. The quantitative estimate of drug-likeness (QED) is 0.802. The van der Waals surface area contributed by atoms with Gasteiger partial charge in [-0.25, -0.2) is 4.79 Å². The van der Waals surface area contributed by atoms with Crippen molar-refractivity contribution in [2.75, 3.05) is 13.2 Å². The predicted octanol–water partition coefficient (Wildman–Crippen LogP) is 2.23. The second-order valence-electron chi connectivity index (χ2n) is 5.10. The second-order valence-corrected chi connectivity index (χ2v) is 5.10. The molecule has 0 aromatic heterocycles. The number of carboxylic acids is 1. The van der Waals surface area contributed by atoms with Gasteiger partial charge in [0, 0.05) is 6.54 Å². The van der Waals surface area contributed by atoms with Crippen molar-refractivity contribution in [3.8, 4) is 5.75 Å². The molecule has 5 nitrogen and oxygen atoms in total. The fourth-order valence-corrected chi connectivity index (χ4v) is 1.67. The minimum absolute atomic E-state index is 0.0655. The zero-order chi connectivity index (χ0) is 15.1. The van der Waals surface area contributed by atoms with Gasteiger partial charge in [0.1, 0.15) is 5.75 Å². The highest BCUT2D eigenvalue weighted by molar-refractivity contribution is 5.89. The third-order valence-electron chi connectivity index (χ3n) is 2.84. The van der Waals surface area contributed by atoms with E-state index in [1.807, 2.05) is 0 Å². The van der Waals surface area contributed by atoms with Crippen LogP contribution in [0.1, 0.15) is 36.2 Å². The first-order valence-corrected chi connectivity index (χ1v) is 6.63. The first-order chi connectivity index (χ1) is 9.40. The Morgan fingerprint density at radius 2 is 2.05 bits per heavy atom. The lowest BCUT2D eigenvalue weighted by molar-refractivity contribution is -0.123. The Kier molecular flexibility index (Phi) is 6.03. The average Bonchev–Trinajstić information content (AvgIpc) is 2.35. The Hall–Kier alpha value is -2.04. The zero-order valence-corrected chi connectivity index (χ0v) is 12.1. The molecular formula is C15H21NO4. The Balaban J connectivity index is 2.44. The van der Waals surface area contributed by atoms with Crippen molar-refractivity contribution in [3.63, 3.8) is 0 Å². The highest BCUT2D eigenvalue weighted by Gasteiger charge is 2.08. The summed E-state index contributed by atoms with van der Waals surface area (Å²) in [6.45, 7) is 6.45. The van der Waals surface area contributed by atoms with Gasteiger partial charge in [-0.1, -0.05) is 13.8 Å². The molecular weight excluding hydrogens is 258 g/mol. The summed E-state index contributed by atoms with van der Waals surface area (Å²) in [5.41, 5.74) is 0.842. The number of hydrogen-bond donors (Lipinski definition) is 2. The van der Waals surface area contributed by atoms with Crippen molar-refractivity contribution < 1.29 is 19.4 Å². The zero-order valence-electron chi connectivity index (χ0n) is 12.1. The largest absolute Gasteiger partial charge is 0.484 e. The molecule has 0 radical (unpaired) electrons. The molecule has 0 fully saturated rings. The Bertz CT molecular complexity index is 483. The average molecular weight is 279 g/mol. The fourth-order valence-electron chi connectivity index (χ4n) is 1.67. The standard InChI is InChI=1S/C15H21NO4/c1-10(2)6-7-16-14(17)9-20-12-4-5-13(15(18)19)11(3)8-12/h4-5,8,10H,6-7,9H2,1-3H3,(H,16,17)(H,18,19). The van der Waals surface area contributed by atoms with Crippen molar-refractivity contribution >= 4 is 11.9 Å². The number of aryl methyl sites for hydroxylation is 1. The van der Waals surface area contributed by atoms with Gasteiger partial charge in [0.2, 0.25) is 0 Å². The highest BCUT2D eigenvalue weighted by Crippen LogP contribution is 2.17. The van der Waals surface area contributed by atoms with Crippen molar-refractivity contribution in [1.29, 1.82) is 0 Å². The number of rotatable bonds is 7. The molecule has 0 aliphatic heterocycles. The topological polar surface area (TPSA) is 75.6 Å². The van der Waals surface area contributed by atoms with Gasteiger partial charge in [-0.3, -0.25) is 4.79 Å². The molecule has 0 unspecified atom stereocenters. The van der Waals surface area contributed by atoms with Gasteiger partial charge < -0.3 is 15.2 Å². The van der Waals surface area contributed by atoms with Gasteiger partial charge in [0.05, 0.1) is 5.56 Å². The van der Waals surface area contributed by atoms with Crippen LogP contribution in [0.5, 0.6) is 5.75 Å². The summed E-state index contributed by atoms with van der Waals surface area (Å²) in [6.07, 6.45) is 0.929. The van der Waals surface area contributed by atoms with Crippen LogP contribution in [-0.2, 0) is 4.79 Å². The molecule has 0 spiro atoms. The van der Waals surface area contributed by atoms with Crippen LogP contribution in [0.25, 0.3) is 0 Å². The summed E-state index contributed by atoms with van der Waals surface area (Å²) in [5.74, 6) is -0.111. The van der Waals surface area contributed by atoms with Gasteiger partial charge in [-0.05, 0) is 43.0 Å². The molecule has 1 aromatic carbocycles. The first-order valence-electron chi connectivity index (χ1n) is 6.63. The molecule has 20 heavy (non-hydrogen) atoms. The molecule has 5 heteroatoms. The summed E-state index contributed by atoms with van der Waals surface area (Å²) in [5, 5.41) is 11.7. The second kappa shape index (κ2) is 7.53. The molecule has 0 aliphatic carbocycles. The van der Waals surface area contributed by atoms with E-state index < -0.39 is 5.97 Å². The van der Waals surface area contributed by atoms with Crippen LogP contribution in [-0.4, -0.2) is 30.1 Å². The molecule has 1 rings (SSSR count). The fraction of sp³-hybridized carbons (Fsp3) is 0.467. The van der Waals surface area contributed by atoms with E-state index in [9.17, 15) is 9.59 Å². The summed E-state index contributed by atoms with van der Waals surface area (Å²) in [7, 11) is 0. The minimum atomic E-state index is -0.972. The number of amides is 1. The molecule has 1 aromatic rings. The summed E-state index contributed by atoms with van der Waals surface area (Å²) in [4.78, 5) is 22.4. The van der Waals surface area contributed by atoms with Crippen LogP contribution < -0.4 is 10.1 Å². The Morgan fingerprint density at radius 1 is 1.35 bits per heavy atom. The Labute approximate surface area is 118 Å². The SMILES string of the molecule is Cc1cc(OCC(=O)NCCC(C)C)ccc1C(=O)O. The van der Waals surface area contributed by atoms with Gasteiger partial charge >= 0.3 is 5.97 Å². The van der Waals surface area contributed by atoms with Crippen LogP contribution in [0.2, 0.25) is 0 Å². The van der Waals surface area contributed by atoms with Gasteiger partial charge in [-0.15, -0.1) is 0 Å². The number of carbonyl (C=O) groups excluding carboxylic acids is 1.